The molecule has 40 heavy (non-hydrogen) atoms. The maximum atomic E-state index is 12.8. The summed E-state index contributed by atoms with van der Waals surface area (Å²) in [5.41, 5.74) is 3.14. The Morgan fingerprint density at radius 3 is 2.08 bits per heavy atom. The molecule has 0 aliphatic carbocycles. The average molecular weight is 541 g/mol. The minimum Gasteiger partial charge on any atom is -0.489 e. The van der Waals surface area contributed by atoms with E-state index in [2.05, 4.69) is 4.99 Å². The molecule has 208 valence electrons. The highest BCUT2D eigenvalue weighted by atomic mass is 16.5. The number of likely N-dealkylation sites (tertiary alicyclic amines) is 1. The summed E-state index contributed by atoms with van der Waals surface area (Å²) in [6.45, 7) is 1.74. The van der Waals surface area contributed by atoms with Gasteiger partial charge in [-0.05, 0) is 54.0 Å². The predicted octanol–water partition coefficient (Wildman–Crippen LogP) is 5.21. The van der Waals surface area contributed by atoms with Gasteiger partial charge >= 0.3 is 5.97 Å². The van der Waals surface area contributed by atoms with Crippen molar-refractivity contribution in [3.63, 3.8) is 0 Å². The molecule has 1 fully saturated rings. The van der Waals surface area contributed by atoms with Gasteiger partial charge in [0.25, 0.3) is 0 Å². The van der Waals surface area contributed by atoms with Gasteiger partial charge in [-0.25, -0.2) is 9.79 Å². The van der Waals surface area contributed by atoms with Crippen LogP contribution in [0.3, 0.4) is 0 Å². The summed E-state index contributed by atoms with van der Waals surface area (Å²) in [4.78, 5) is 43.8. The number of carbonyl (C=O) groups is 3. The van der Waals surface area contributed by atoms with Crippen molar-refractivity contribution >= 4 is 23.5 Å². The summed E-state index contributed by atoms with van der Waals surface area (Å²) < 4.78 is 10.7. The van der Waals surface area contributed by atoms with Gasteiger partial charge in [0, 0.05) is 32.4 Å². The predicted molar refractivity (Wildman–Crippen MR) is 154 cm³/mol. The number of carbonyl (C=O) groups excluding carboxylic acids is 3. The third kappa shape index (κ3) is 8.90. The Kier molecular flexibility index (Phi) is 10.6. The third-order valence-electron chi connectivity index (χ3n) is 7.12. The fraction of sp³-hybridized carbons (Fsp3) is 0.333. The molecular weight excluding hydrogens is 504 g/mol. The average Bonchev–Trinajstić information content (AvgIpc) is 3.00. The molecule has 0 spiro atoms. The van der Waals surface area contributed by atoms with Crippen molar-refractivity contribution in [1.82, 2.24) is 4.90 Å². The first-order chi connectivity index (χ1) is 19.5. The van der Waals surface area contributed by atoms with Crippen LogP contribution in [0.1, 0.15) is 42.4 Å². The minimum atomic E-state index is -0.614. The molecular formula is C33H36N2O5. The molecule has 0 bridgehead atoms. The molecule has 3 aromatic rings. The van der Waals surface area contributed by atoms with Crippen LogP contribution in [-0.4, -0.2) is 48.6 Å². The largest absolute Gasteiger partial charge is 0.489 e. The van der Waals surface area contributed by atoms with Crippen molar-refractivity contribution in [2.75, 3.05) is 20.2 Å². The van der Waals surface area contributed by atoms with Crippen LogP contribution in [0.4, 0.5) is 0 Å². The van der Waals surface area contributed by atoms with E-state index in [0.29, 0.717) is 31.9 Å². The number of aliphatic imine (C=N–C) groups is 1. The van der Waals surface area contributed by atoms with Gasteiger partial charge in [0.2, 0.25) is 11.8 Å². The van der Waals surface area contributed by atoms with E-state index in [1.165, 1.54) is 7.11 Å². The number of ether oxygens (including phenoxy) is 2. The van der Waals surface area contributed by atoms with Crippen LogP contribution in [0.2, 0.25) is 0 Å². The van der Waals surface area contributed by atoms with Crippen LogP contribution < -0.4 is 4.74 Å². The Morgan fingerprint density at radius 1 is 0.825 bits per heavy atom. The number of nitrogens with zero attached hydrogens (tertiary/aromatic N) is 2. The molecule has 0 unspecified atom stereocenters. The topological polar surface area (TPSA) is 85.3 Å². The third-order valence-corrected chi connectivity index (χ3v) is 7.12. The zero-order valence-electron chi connectivity index (χ0n) is 23.0. The van der Waals surface area contributed by atoms with Crippen molar-refractivity contribution in [3.05, 3.63) is 102 Å². The maximum absolute atomic E-state index is 12.8. The van der Waals surface area contributed by atoms with E-state index in [-0.39, 0.29) is 36.3 Å². The summed E-state index contributed by atoms with van der Waals surface area (Å²) in [7, 11) is 1.29. The lowest BCUT2D eigenvalue weighted by atomic mass is 9.93. The monoisotopic (exact) mass is 540 g/mol. The molecule has 2 amide bonds. The minimum absolute atomic E-state index is 0.0824. The quantitative estimate of drug-likeness (QED) is 0.246. The van der Waals surface area contributed by atoms with Gasteiger partial charge in [0.1, 0.15) is 18.1 Å². The van der Waals surface area contributed by atoms with Gasteiger partial charge in [-0.1, -0.05) is 72.8 Å². The Labute approximate surface area is 235 Å². The maximum Gasteiger partial charge on any atom is 0.352 e. The lowest BCUT2D eigenvalue weighted by Crippen LogP contribution is -2.39. The molecule has 1 saturated heterocycles. The number of hydrogen-bond donors (Lipinski definition) is 0. The Bertz CT molecular complexity index is 1280. The molecule has 1 heterocycles. The molecule has 0 atom stereocenters. The van der Waals surface area contributed by atoms with Crippen LogP contribution >= 0.6 is 0 Å². The number of hydrogen-bond acceptors (Lipinski definition) is 5. The zero-order chi connectivity index (χ0) is 28.2. The van der Waals surface area contributed by atoms with E-state index in [9.17, 15) is 14.4 Å². The second kappa shape index (κ2) is 14.8. The van der Waals surface area contributed by atoms with Gasteiger partial charge < -0.3 is 14.4 Å². The van der Waals surface area contributed by atoms with Crippen LogP contribution in [0.5, 0.6) is 5.75 Å². The van der Waals surface area contributed by atoms with Crippen molar-refractivity contribution in [1.29, 1.82) is 0 Å². The van der Waals surface area contributed by atoms with Crippen LogP contribution in [0.25, 0.3) is 0 Å². The molecule has 0 saturated carbocycles. The number of aryl methyl sites for hydroxylation is 1. The summed E-state index contributed by atoms with van der Waals surface area (Å²) in [6, 6.07) is 27.3. The molecule has 4 rings (SSSR count). The molecule has 0 aromatic heterocycles. The SMILES string of the molecule is COC(=O)/C(Cc1ccc(OCc2ccccc2)cc1)=N/C(=O)CC1CCN(C(=O)CCc2ccccc2)CC1. The van der Waals surface area contributed by atoms with Gasteiger partial charge in [-0.3, -0.25) is 9.59 Å². The number of benzene rings is 3. The van der Waals surface area contributed by atoms with Crippen molar-refractivity contribution in [2.24, 2.45) is 10.9 Å². The molecule has 0 N–H and O–H groups in total. The molecule has 1 aliphatic heterocycles. The van der Waals surface area contributed by atoms with Gasteiger partial charge in [-0.15, -0.1) is 0 Å². The lowest BCUT2D eigenvalue weighted by molar-refractivity contribution is -0.134. The number of piperidine rings is 1. The second-order valence-electron chi connectivity index (χ2n) is 10.1. The van der Waals surface area contributed by atoms with Crippen molar-refractivity contribution in [2.45, 2.75) is 45.1 Å². The fourth-order valence-electron chi connectivity index (χ4n) is 4.80. The number of esters is 1. The van der Waals surface area contributed by atoms with E-state index in [0.717, 1.165) is 36.0 Å². The number of rotatable bonds is 11. The highest BCUT2D eigenvalue weighted by Gasteiger charge is 2.25. The standard InChI is InChI=1S/C33H36N2O5/c1-39-33(38)30(22-26-12-15-29(16-13-26)40-24-28-10-6-3-7-11-28)34-31(36)23-27-18-20-35(21-19-27)32(37)17-14-25-8-4-2-5-9-25/h2-13,15-16,27H,14,17-24H2,1H3/b34-30+. The molecule has 1 aliphatic rings. The van der Waals surface area contributed by atoms with E-state index in [1.807, 2.05) is 89.8 Å². The summed E-state index contributed by atoms with van der Waals surface area (Å²) in [6.07, 6.45) is 3.14. The highest BCUT2D eigenvalue weighted by molar-refractivity contribution is 6.38. The van der Waals surface area contributed by atoms with Gasteiger partial charge in [0.15, 0.2) is 0 Å². The first kappa shape index (κ1) is 28.7. The van der Waals surface area contributed by atoms with E-state index in [4.69, 9.17) is 9.47 Å². The van der Waals surface area contributed by atoms with Gasteiger partial charge in [-0.2, -0.15) is 0 Å². The van der Waals surface area contributed by atoms with Crippen molar-refractivity contribution in [3.8, 4) is 5.75 Å². The van der Waals surface area contributed by atoms with Crippen molar-refractivity contribution < 1.29 is 23.9 Å². The highest BCUT2D eigenvalue weighted by Crippen LogP contribution is 2.22. The normalized spacial score (nSPS) is 14.0. The summed E-state index contributed by atoms with van der Waals surface area (Å²) in [5.74, 6) is 0.0456. The number of methoxy groups -OCH3 is 1. The molecule has 7 nitrogen and oxygen atoms in total. The van der Waals surface area contributed by atoms with Crippen LogP contribution in [0.15, 0.2) is 89.9 Å². The van der Waals surface area contributed by atoms with Crippen LogP contribution in [0, 0.1) is 5.92 Å². The molecule has 3 aromatic carbocycles. The smallest absolute Gasteiger partial charge is 0.352 e. The molecule has 7 heteroatoms. The Morgan fingerprint density at radius 2 is 1.45 bits per heavy atom. The second-order valence-corrected chi connectivity index (χ2v) is 10.1. The fourth-order valence-corrected chi connectivity index (χ4v) is 4.80. The Balaban J connectivity index is 1.25. The first-order valence-corrected chi connectivity index (χ1v) is 13.8. The first-order valence-electron chi connectivity index (χ1n) is 13.8. The summed E-state index contributed by atoms with van der Waals surface area (Å²) >= 11 is 0. The lowest BCUT2D eigenvalue weighted by Gasteiger charge is -2.31. The van der Waals surface area contributed by atoms with E-state index < -0.39 is 5.97 Å². The van der Waals surface area contributed by atoms with E-state index >= 15 is 0 Å². The van der Waals surface area contributed by atoms with Gasteiger partial charge in [0.05, 0.1) is 7.11 Å². The number of amides is 2. The summed E-state index contributed by atoms with van der Waals surface area (Å²) in [5, 5.41) is 0. The Hall–Kier alpha value is -4.26. The zero-order valence-corrected chi connectivity index (χ0v) is 23.0. The molecule has 0 radical (unpaired) electrons. The van der Waals surface area contributed by atoms with Crippen LogP contribution in [-0.2, 0) is 38.6 Å². The van der Waals surface area contributed by atoms with E-state index in [1.54, 1.807) is 0 Å².